The first-order chi connectivity index (χ1) is 18.6. The number of fused-ring (bicyclic) bond motifs is 1. The van der Waals surface area contributed by atoms with Gasteiger partial charge in [0.25, 0.3) is 0 Å². The Morgan fingerprint density at radius 3 is 2.44 bits per heavy atom. The maximum atomic E-state index is 13.8. The molecule has 3 atom stereocenters. The lowest BCUT2D eigenvalue weighted by molar-refractivity contribution is -0.427. The number of carbonyl (C=O) groups excluding carboxylic acids is 2. The van der Waals surface area contributed by atoms with Crippen LogP contribution in [0.25, 0.3) is 0 Å². The minimum absolute atomic E-state index is 0.0123. The molecule has 1 aliphatic rings. The molecule has 2 aromatic rings. The summed E-state index contributed by atoms with van der Waals surface area (Å²) in [7, 11) is -4.11. The van der Waals surface area contributed by atoms with E-state index in [-0.39, 0.29) is 36.5 Å². The fourth-order valence-corrected chi connectivity index (χ4v) is 5.74. The zero-order valence-electron chi connectivity index (χ0n) is 21.6. The predicted molar refractivity (Wildman–Crippen MR) is 143 cm³/mol. The van der Waals surface area contributed by atoms with Crippen LogP contribution in [0.1, 0.15) is 31.9 Å². The van der Waals surface area contributed by atoms with Crippen molar-refractivity contribution in [2.45, 2.75) is 43.4 Å². The molecule has 0 aliphatic carbocycles. The summed E-state index contributed by atoms with van der Waals surface area (Å²) in [4.78, 5) is 24.9. The Morgan fingerprint density at radius 2 is 1.79 bits per heavy atom. The van der Waals surface area contributed by atoms with Crippen LogP contribution in [-0.4, -0.2) is 62.4 Å². The average molecular weight is 577 g/mol. The van der Waals surface area contributed by atoms with Crippen LogP contribution < -0.4 is 25.2 Å². The third kappa shape index (κ3) is 7.86. The summed E-state index contributed by atoms with van der Waals surface area (Å²) < 4.78 is 39.0. The van der Waals surface area contributed by atoms with Gasteiger partial charge in [-0.3, -0.25) is 9.59 Å². The summed E-state index contributed by atoms with van der Waals surface area (Å²) in [5, 5.41) is 18.9. The minimum Gasteiger partial charge on any atom is -0.849 e. The number of hydrogen-bond donors (Lipinski definition) is 2. The standard InChI is InChI=1S/C27H31ClN3O7S/c1-4-8-21(29-25(33)14-28)27(34)30-26(19-9-6-5-7-10-19)22(32)16-31(15-18(2)3)39(35,36)20-11-12-23-24(13-20)38-17-37-23/h1,5-7,9-13,18,21-22,26H,8,14-17H2,2-3H3,(H,29,33)(H,30,34)/q-1/t21-,22+,26?/m0/s1. The molecule has 1 unspecified atom stereocenters. The van der Waals surface area contributed by atoms with E-state index in [1.165, 1.54) is 18.2 Å². The summed E-state index contributed by atoms with van der Waals surface area (Å²) in [5.41, 5.74) is 0.471. The van der Waals surface area contributed by atoms with Gasteiger partial charge < -0.3 is 25.2 Å². The SMILES string of the molecule is C#CC[C@H](NC(=O)CCl)C(=O)NC(c1ccccc1)[C@H]([O-])CN(CC(C)C)S(=O)(=O)c1ccc2c(c1)OCO2. The number of amides is 2. The van der Waals surface area contributed by atoms with Crippen LogP contribution in [0.3, 0.4) is 0 Å². The second-order valence-electron chi connectivity index (χ2n) is 9.33. The van der Waals surface area contributed by atoms with Crippen molar-refractivity contribution < 1.29 is 32.6 Å². The number of sulfonamides is 1. The molecule has 0 saturated carbocycles. The number of ether oxygens (including phenoxy) is 2. The maximum absolute atomic E-state index is 13.8. The number of benzene rings is 2. The second-order valence-corrected chi connectivity index (χ2v) is 11.5. The van der Waals surface area contributed by atoms with E-state index in [2.05, 4.69) is 16.6 Å². The van der Waals surface area contributed by atoms with Gasteiger partial charge in [0, 0.05) is 31.6 Å². The van der Waals surface area contributed by atoms with Crippen molar-refractivity contribution >= 4 is 33.4 Å². The maximum Gasteiger partial charge on any atom is 0.244 e. The van der Waals surface area contributed by atoms with Crippen LogP contribution in [-0.2, 0) is 19.6 Å². The molecule has 2 N–H and O–H groups in total. The Labute approximate surface area is 233 Å². The minimum atomic E-state index is -4.11. The molecule has 0 spiro atoms. The molecule has 0 aromatic heterocycles. The first-order valence-electron chi connectivity index (χ1n) is 12.3. The van der Waals surface area contributed by atoms with Gasteiger partial charge in [-0.1, -0.05) is 50.3 Å². The van der Waals surface area contributed by atoms with E-state index in [0.29, 0.717) is 17.1 Å². The lowest BCUT2D eigenvalue weighted by Gasteiger charge is -2.38. The Morgan fingerprint density at radius 1 is 1.10 bits per heavy atom. The third-order valence-corrected chi connectivity index (χ3v) is 7.93. The van der Waals surface area contributed by atoms with Crippen LogP contribution in [0.15, 0.2) is 53.4 Å². The van der Waals surface area contributed by atoms with Crippen LogP contribution in [0, 0.1) is 18.3 Å². The van der Waals surface area contributed by atoms with Crippen molar-refractivity contribution in [1.29, 1.82) is 0 Å². The largest absolute Gasteiger partial charge is 0.849 e. The van der Waals surface area contributed by atoms with Gasteiger partial charge in [0.05, 0.1) is 4.90 Å². The highest BCUT2D eigenvalue weighted by Crippen LogP contribution is 2.35. The Balaban J connectivity index is 1.90. The second kappa shape index (κ2) is 13.7. The van der Waals surface area contributed by atoms with Gasteiger partial charge in [0.2, 0.25) is 28.6 Å². The lowest BCUT2D eigenvalue weighted by atomic mass is 10.00. The van der Waals surface area contributed by atoms with E-state index < -0.39 is 46.6 Å². The molecule has 2 aromatic carbocycles. The van der Waals surface area contributed by atoms with Gasteiger partial charge in [-0.25, -0.2) is 8.42 Å². The van der Waals surface area contributed by atoms with E-state index in [0.717, 1.165) is 4.31 Å². The molecule has 0 fully saturated rings. The molecule has 210 valence electrons. The normalized spacial score (nSPS) is 14.9. The van der Waals surface area contributed by atoms with Gasteiger partial charge in [0.1, 0.15) is 11.9 Å². The zero-order chi connectivity index (χ0) is 28.6. The van der Waals surface area contributed by atoms with Crippen LogP contribution in [0.5, 0.6) is 11.5 Å². The van der Waals surface area contributed by atoms with Gasteiger partial charge in [-0.05, 0) is 23.6 Å². The quantitative estimate of drug-likeness (QED) is 0.271. The average Bonchev–Trinajstić information content (AvgIpc) is 3.39. The Kier molecular flexibility index (Phi) is 10.6. The fraction of sp³-hybridized carbons (Fsp3) is 0.407. The highest BCUT2D eigenvalue weighted by atomic mass is 35.5. The number of nitrogens with zero attached hydrogens (tertiary/aromatic N) is 1. The molecule has 0 radical (unpaired) electrons. The summed E-state index contributed by atoms with van der Waals surface area (Å²) in [6.45, 7) is 3.28. The molecule has 12 heteroatoms. The molecular weight excluding hydrogens is 546 g/mol. The Bertz CT molecular complexity index is 1300. The van der Waals surface area contributed by atoms with Gasteiger partial charge in [-0.2, -0.15) is 4.31 Å². The monoisotopic (exact) mass is 576 g/mol. The van der Waals surface area contributed by atoms with Gasteiger partial charge in [-0.15, -0.1) is 23.9 Å². The number of carbonyl (C=O) groups is 2. The first-order valence-corrected chi connectivity index (χ1v) is 14.2. The van der Waals surface area contributed by atoms with Crippen molar-refractivity contribution in [3.8, 4) is 23.8 Å². The number of rotatable bonds is 13. The molecule has 1 heterocycles. The topological polar surface area (TPSA) is 137 Å². The van der Waals surface area contributed by atoms with E-state index in [1.54, 1.807) is 30.3 Å². The molecule has 39 heavy (non-hydrogen) atoms. The van der Waals surface area contributed by atoms with Crippen molar-refractivity contribution in [3.05, 3.63) is 54.1 Å². The summed E-state index contributed by atoms with van der Waals surface area (Å²) in [6, 6.07) is 10.5. The highest BCUT2D eigenvalue weighted by Gasteiger charge is 2.31. The molecule has 3 rings (SSSR count). The molecule has 0 saturated heterocycles. The van der Waals surface area contributed by atoms with Crippen LogP contribution >= 0.6 is 11.6 Å². The number of terminal acetylenes is 1. The van der Waals surface area contributed by atoms with Crippen LogP contribution in [0.2, 0.25) is 0 Å². The molecule has 2 amide bonds. The van der Waals surface area contributed by atoms with E-state index in [4.69, 9.17) is 27.5 Å². The lowest BCUT2D eigenvalue weighted by Crippen LogP contribution is -2.54. The summed E-state index contributed by atoms with van der Waals surface area (Å²) >= 11 is 5.55. The van der Waals surface area contributed by atoms with Crippen molar-refractivity contribution in [1.82, 2.24) is 14.9 Å². The van der Waals surface area contributed by atoms with Crippen molar-refractivity contribution in [2.75, 3.05) is 25.8 Å². The summed E-state index contributed by atoms with van der Waals surface area (Å²) in [6.07, 6.45) is 3.63. The van der Waals surface area contributed by atoms with Gasteiger partial charge in [0.15, 0.2) is 11.5 Å². The molecule has 1 aliphatic heterocycles. The van der Waals surface area contributed by atoms with Gasteiger partial charge >= 0.3 is 0 Å². The number of alkyl halides is 1. The Hall–Kier alpha value is -3.30. The van der Waals surface area contributed by atoms with Crippen LogP contribution in [0.4, 0.5) is 0 Å². The number of hydrogen-bond acceptors (Lipinski definition) is 7. The third-order valence-electron chi connectivity index (χ3n) is 5.86. The smallest absolute Gasteiger partial charge is 0.244 e. The summed E-state index contributed by atoms with van der Waals surface area (Å²) in [5.74, 6) is 1.30. The predicted octanol–water partition coefficient (Wildman–Crippen LogP) is 1.40. The van der Waals surface area contributed by atoms with Crippen molar-refractivity contribution in [3.63, 3.8) is 0 Å². The molecule has 0 bridgehead atoms. The van der Waals surface area contributed by atoms with E-state index in [9.17, 15) is 23.1 Å². The van der Waals surface area contributed by atoms with Crippen molar-refractivity contribution in [2.24, 2.45) is 5.92 Å². The zero-order valence-corrected chi connectivity index (χ0v) is 23.2. The fourth-order valence-electron chi connectivity index (χ4n) is 4.04. The molecular formula is C27H31ClN3O7S-. The van der Waals surface area contributed by atoms with E-state index in [1.807, 2.05) is 13.8 Å². The highest BCUT2D eigenvalue weighted by molar-refractivity contribution is 7.89. The number of nitrogens with one attached hydrogen (secondary N) is 2. The van der Waals surface area contributed by atoms with E-state index >= 15 is 0 Å². The molecule has 10 nitrogen and oxygen atoms in total. The first kappa shape index (κ1) is 30.2. The number of halogens is 1.